The molecule has 2 aromatic carbocycles. The molecule has 0 unspecified atom stereocenters. The number of nitrogens with one attached hydrogen (secondary N) is 1. The van der Waals surface area contributed by atoms with Crippen molar-refractivity contribution in [2.75, 3.05) is 6.79 Å². The molecule has 0 aromatic heterocycles. The van der Waals surface area contributed by atoms with Crippen molar-refractivity contribution >= 4 is 23.4 Å². The highest BCUT2D eigenvalue weighted by atomic mass is 16.7. The summed E-state index contributed by atoms with van der Waals surface area (Å²) >= 11 is 0. The summed E-state index contributed by atoms with van der Waals surface area (Å²) in [5.74, 6) is 0.951. The number of non-ortho nitro benzene ring substituents is 1. The molecular weight excluding hydrogens is 338 g/mol. The maximum Gasteiger partial charge on any atom is 0.271 e. The van der Waals surface area contributed by atoms with Crippen LogP contribution in [0.3, 0.4) is 0 Å². The van der Waals surface area contributed by atoms with E-state index >= 15 is 0 Å². The molecule has 1 heterocycles. The summed E-state index contributed by atoms with van der Waals surface area (Å²) in [6, 6.07) is 10.8. The highest BCUT2D eigenvalue weighted by Crippen LogP contribution is 2.32. The van der Waals surface area contributed by atoms with E-state index in [2.05, 4.69) is 10.5 Å². The van der Waals surface area contributed by atoms with Gasteiger partial charge in [-0.05, 0) is 42.8 Å². The second kappa shape index (κ2) is 7.47. The molecule has 0 fully saturated rings. The van der Waals surface area contributed by atoms with Crippen molar-refractivity contribution in [2.24, 2.45) is 5.10 Å². The number of carbonyl (C=O) groups excluding carboxylic acids is 1. The molecule has 26 heavy (non-hydrogen) atoms. The molecule has 132 valence electrons. The van der Waals surface area contributed by atoms with Crippen LogP contribution in [0.5, 0.6) is 11.5 Å². The lowest BCUT2D eigenvalue weighted by atomic mass is 10.2. The largest absolute Gasteiger partial charge is 0.454 e. The Labute approximate surface area is 148 Å². The zero-order chi connectivity index (χ0) is 18.5. The molecule has 8 heteroatoms. The molecule has 8 nitrogen and oxygen atoms in total. The Balaban J connectivity index is 1.60. The van der Waals surface area contributed by atoms with Crippen LogP contribution in [0.1, 0.15) is 22.8 Å². The maximum absolute atomic E-state index is 12.0. The van der Waals surface area contributed by atoms with E-state index in [0.29, 0.717) is 17.2 Å². The first kappa shape index (κ1) is 17.2. The van der Waals surface area contributed by atoms with Crippen molar-refractivity contribution in [1.82, 2.24) is 5.43 Å². The highest BCUT2D eigenvalue weighted by Gasteiger charge is 2.12. The van der Waals surface area contributed by atoms with Crippen LogP contribution in [0.2, 0.25) is 0 Å². The van der Waals surface area contributed by atoms with Crippen molar-refractivity contribution in [1.29, 1.82) is 0 Å². The van der Waals surface area contributed by atoms with E-state index in [-0.39, 0.29) is 18.0 Å². The van der Waals surface area contributed by atoms with Gasteiger partial charge in [-0.1, -0.05) is 12.1 Å². The summed E-state index contributed by atoms with van der Waals surface area (Å²) in [6.45, 7) is 1.96. The Morgan fingerprint density at radius 1 is 1.19 bits per heavy atom. The smallest absolute Gasteiger partial charge is 0.271 e. The van der Waals surface area contributed by atoms with Crippen molar-refractivity contribution in [3.63, 3.8) is 0 Å². The molecular formula is C18H15N3O5. The standard InChI is InChI=1S/C18H15N3O5/c1-12(2-3-13-4-9-16-17(10-13)26-11-25-16)19-20-18(22)14-5-7-15(8-6-14)21(23)24/h2-10H,11H2,1H3,(H,20,22)/b3-2+,19-12-. The number of hydrogen-bond donors (Lipinski definition) is 1. The monoisotopic (exact) mass is 353 g/mol. The SMILES string of the molecule is CC(/C=C/c1ccc2c(c1)OCO2)=N/NC(=O)c1ccc([N+](=O)[O-])cc1. The minimum Gasteiger partial charge on any atom is -0.454 e. The van der Waals surface area contributed by atoms with Gasteiger partial charge in [0.05, 0.1) is 10.6 Å². The van der Waals surface area contributed by atoms with Crippen LogP contribution in [0.4, 0.5) is 5.69 Å². The molecule has 1 N–H and O–H groups in total. The quantitative estimate of drug-likeness (QED) is 0.505. The summed E-state index contributed by atoms with van der Waals surface area (Å²) in [5, 5.41) is 14.6. The number of nitrogens with zero attached hydrogens (tertiary/aromatic N) is 2. The molecule has 2 aromatic rings. The van der Waals surface area contributed by atoms with Crippen LogP contribution in [-0.2, 0) is 0 Å². The van der Waals surface area contributed by atoms with Gasteiger partial charge in [0.25, 0.3) is 11.6 Å². The Bertz CT molecular complexity index is 904. The van der Waals surface area contributed by atoms with E-state index in [4.69, 9.17) is 9.47 Å². The normalized spacial score (nSPS) is 13.0. The van der Waals surface area contributed by atoms with Gasteiger partial charge in [0, 0.05) is 17.7 Å². The highest BCUT2D eigenvalue weighted by molar-refractivity contribution is 5.99. The van der Waals surface area contributed by atoms with Crippen LogP contribution >= 0.6 is 0 Å². The average molecular weight is 353 g/mol. The first-order valence-electron chi connectivity index (χ1n) is 7.70. The third-order valence-electron chi connectivity index (χ3n) is 3.59. The van der Waals surface area contributed by atoms with Crippen LogP contribution in [0, 0.1) is 10.1 Å². The molecule has 1 amide bonds. The van der Waals surface area contributed by atoms with Gasteiger partial charge in [-0.15, -0.1) is 0 Å². The van der Waals surface area contributed by atoms with Gasteiger partial charge in [-0.25, -0.2) is 5.43 Å². The summed E-state index contributed by atoms with van der Waals surface area (Å²) in [5.41, 5.74) is 4.11. The van der Waals surface area contributed by atoms with Crippen molar-refractivity contribution in [2.45, 2.75) is 6.92 Å². The number of nitro groups is 1. The molecule has 0 bridgehead atoms. The number of carbonyl (C=O) groups is 1. The molecule has 0 radical (unpaired) electrons. The number of nitro benzene ring substituents is 1. The van der Waals surface area contributed by atoms with Gasteiger partial charge in [-0.3, -0.25) is 14.9 Å². The number of benzene rings is 2. The molecule has 0 saturated carbocycles. The Morgan fingerprint density at radius 3 is 2.65 bits per heavy atom. The first-order chi connectivity index (χ1) is 12.5. The fourth-order valence-corrected chi connectivity index (χ4v) is 2.21. The number of allylic oxidation sites excluding steroid dienone is 1. The van der Waals surface area contributed by atoms with Crippen LogP contribution < -0.4 is 14.9 Å². The van der Waals surface area contributed by atoms with E-state index in [1.54, 1.807) is 13.0 Å². The predicted octanol–water partition coefficient (Wildman–Crippen LogP) is 3.14. The zero-order valence-corrected chi connectivity index (χ0v) is 13.8. The zero-order valence-electron chi connectivity index (χ0n) is 13.8. The van der Waals surface area contributed by atoms with Crippen LogP contribution in [0.15, 0.2) is 53.6 Å². The van der Waals surface area contributed by atoms with Gasteiger partial charge in [0.1, 0.15) is 0 Å². The second-order valence-electron chi connectivity index (χ2n) is 5.44. The van der Waals surface area contributed by atoms with Crippen LogP contribution in [-0.4, -0.2) is 23.3 Å². The first-order valence-corrected chi connectivity index (χ1v) is 7.70. The fourth-order valence-electron chi connectivity index (χ4n) is 2.21. The molecule has 0 atom stereocenters. The van der Waals surface area contributed by atoms with Gasteiger partial charge >= 0.3 is 0 Å². The summed E-state index contributed by atoms with van der Waals surface area (Å²) < 4.78 is 10.6. The second-order valence-corrected chi connectivity index (χ2v) is 5.44. The summed E-state index contributed by atoms with van der Waals surface area (Å²) in [4.78, 5) is 22.1. The molecule has 0 spiro atoms. The lowest BCUT2D eigenvalue weighted by molar-refractivity contribution is -0.384. The summed E-state index contributed by atoms with van der Waals surface area (Å²) in [6.07, 6.45) is 3.58. The Kier molecular flexibility index (Phi) is 4.93. The van der Waals surface area contributed by atoms with Gasteiger partial charge in [0.15, 0.2) is 11.5 Å². The molecule has 3 rings (SSSR count). The maximum atomic E-state index is 12.0. The predicted molar refractivity (Wildman–Crippen MR) is 95.3 cm³/mol. The number of amides is 1. The van der Waals surface area contributed by atoms with Crippen molar-refractivity contribution < 1.29 is 19.2 Å². The molecule has 0 aliphatic carbocycles. The fraction of sp³-hybridized carbons (Fsp3) is 0.111. The van der Waals surface area contributed by atoms with Crippen molar-refractivity contribution in [3.8, 4) is 11.5 Å². The van der Waals surface area contributed by atoms with E-state index in [1.165, 1.54) is 24.3 Å². The number of hydrazone groups is 1. The van der Waals surface area contributed by atoms with Gasteiger partial charge in [0.2, 0.25) is 6.79 Å². The van der Waals surface area contributed by atoms with E-state index < -0.39 is 10.8 Å². The Morgan fingerprint density at radius 2 is 1.92 bits per heavy atom. The van der Waals surface area contributed by atoms with Gasteiger partial charge in [-0.2, -0.15) is 5.10 Å². The van der Waals surface area contributed by atoms with Crippen LogP contribution in [0.25, 0.3) is 6.08 Å². The van der Waals surface area contributed by atoms with Gasteiger partial charge < -0.3 is 9.47 Å². The molecule has 1 aliphatic rings. The van der Waals surface area contributed by atoms with E-state index in [0.717, 1.165) is 5.56 Å². The number of fused-ring (bicyclic) bond motifs is 1. The number of hydrogen-bond acceptors (Lipinski definition) is 6. The molecule has 1 aliphatic heterocycles. The third kappa shape index (κ3) is 4.04. The minimum atomic E-state index is -0.523. The lowest BCUT2D eigenvalue weighted by Gasteiger charge is -2.01. The Hall–Kier alpha value is -3.68. The lowest BCUT2D eigenvalue weighted by Crippen LogP contribution is -2.18. The minimum absolute atomic E-state index is 0.0760. The van der Waals surface area contributed by atoms with E-state index in [9.17, 15) is 14.9 Å². The topological polar surface area (TPSA) is 103 Å². The van der Waals surface area contributed by atoms with Crippen molar-refractivity contribution in [3.05, 3.63) is 69.8 Å². The third-order valence-corrected chi connectivity index (χ3v) is 3.59. The number of ether oxygens (including phenoxy) is 2. The molecule has 0 saturated heterocycles. The number of rotatable bonds is 5. The average Bonchev–Trinajstić information content (AvgIpc) is 3.12. The summed E-state index contributed by atoms with van der Waals surface area (Å²) in [7, 11) is 0. The van der Waals surface area contributed by atoms with E-state index in [1.807, 2.05) is 24.3 Å².